The lowest BCUT2D eigenvalue weighted by molar-refractivity contribution is -0.160. The second-order valence-corrected chi connectivity index (χ2v) is 4.33. The van der Waals surface area contributed by atoms with Gasteiger partial charge in [0.25, 0.3) is 0 Å². The fourth-order valence-electron chi connectivity index (χ4n) is 1.63. The van der Waals surface area contributed by atoms with E-state index in [9.17, 15) is 0 Å². The first kappa shape index (κ1) is 15.8. The van der Waals surface area contributed by atoms with Gasteiger partial charge in [-0.15, -0.1) is 0 Å². The zero-order valence-electron chi connectivity index (χ0n) is 10.6. The van der Waals surface area contributed by atoms with Gasteiger partial charge in [-0.05, 0) is 45.3 Å². The number of aliphatic hydroxyl groups excluding tert-OH is 1. The highest BCUT2D eigenvalue weighted by molar-refractivity contribution is 7.80. The van der Waals surface area contributed by atoms with Crippen LogP contribution in [0.1, 0.15) is 52.9 Å². The molecule has 1 N–H and O–H groups in total. The van der Waals surface area contributed by atoms with Gasteiger partial charge in [0.1, 0.15) is 0 Å². The van der Waals surface area contributed by atoms with Crippen LogP contribution in [0.5, 0.6) is 0 Å². The summed E-state index contributed by atoms with van der Waals surface area (Å²) in [6.07, 6.45) is 4.55. The molecule has 2 atom stereocenters. The molecule has 4 heteroatoms. The van der Waals surface area contributed by atoms with E-state index in [0.717, 1.165) is 25.7 Å². The Labute approximate surface area is 104 Å². The van der Waals surface area contributed by atoms with Crippen molar-refractivity contribution in [1.29, 1.82) is 0 Å². The highest BCUT2D eigenvalue weighted by Gasteiger charge is 2.12. The van der Waals surface area contributed by atoms with E-state index in [1.54, 1.807) is 0 Å². The Morgan fingerprint density at radius 1 is 1.31 bits per heavy atom. The zero-order valence-corrected chi connectivity index (χ0v) is 11.4. The van der Waals surface area contributed by atoms with E-state index in [1.807, 2.05) is 13.8 Å². The summed E-state index contributed by atoms with van der Waals surface area (Å²) in [4.78, 5) is 0. The second-order valence-electron chi connectivity index (χ2n) is 3.86. The summed E-state index contributed by atoms with van der Waals surface area (Å²) in [7, 11) is 0. The predicted octanol–water partition coefficient (Wildman–Crippen LogP) is 3.61. The van der Waals surface area contributed by atoms with Crippen LogP contribution < -0.4 is 0 Å². The van der Waals surface area contributed by atoms with Crippen molar-refractivity contribution in [2.75, 3.05) is 6.61 Å². The van der Waals surface area contributed by atoms with Crippen LogP contribution >= 0.6 is 12.2 Å². The molecule has 0 aromatic heterocycles. The van der Waals surface area contributed by atoms with E-state index in [-0.39, 0.29) is 17.4 Å². The Balaban J connectivity index is 3.81. The van der Waals surface area contributed by atoms with Crippen molar-refractivity contribution >= 4 is 17.3 Å². The molecule has 0 rings (SSSR count). The molecule has 0 aliphatic carbocycles. The Kier molecular flexibility index (Phi) is 9.88. The standard InChI is InChI=1S/C12H24O3S/c1-4-7-11(8-6-9-12(13)16)15-10(3)14-5-2/h10-11H,4-9H2,1-3H3,(H,13,16). The molecule has 0 heterocycles. The normalized spacial score (nSPS) is 14.7. The predicted molar refractivity (Wildman–Crippen MR) is 69.9 cm³/mol. The smallest absolute Gasteiger partial charge is 0.156 e. The van der Waals surface area contributed by atoms with Crippen molar-refractivity contribution in [1.82, 2.24) is 0 Å². The molecule has 0 saturated carbocycles. The summed E-state index contributed by atoms with van der Waals surface area (Å²) in [5.41, 5.74) is 0. The third-order valence-corrected chi connectivity index (χ3v) is 2.52. The fourth-order valence-corrected chi connectivity index (χ4v) is 1.77. The average Bonchev–Trinajstić information content (AvgIpc) is 2.17. The largest absolute Gasteiger partial charge is 0.502 e. The van der Waals surface area contributed by atoms with E-state index >= 15 is 0 Å². The third kappa shape index (κ3) is 9.07. The number of aliphatic hydroxyl groups is 1. The summed E-state index contributed by atoms with van der Waals surface area (Å²) in [5.74, 6) is 0. The van der Waals surface area contributed by atoms with Gasteiger partial charge in [0.15, 0.2) is 11.3 Å². The van der Waals surface area contributed by atoms with Crippen LogP contribution in [0.2, 0.25) is 0 Å². The van der Waals surface area contributed by atoms with Gasteiger partial charge in [-0.25, -0.2) is 0 Å². The molecule has 0 fully saturated rings. The van der Waals surface area contributed by atoms with Crippen molar-refractivity contribution in [2.45, 2.75) is 65.3 Å². The van der Waals surface area contributed by atoms with Gasteiger partial charge in [0.05, 0.1) is 6.10 Å². The van der Waals surface area contributed by atoms with Gasteiger partial charge in [0.2, 0.25) is 0 Å². The molecule has 96 valence electrons. The Morgan fingerprint density at radius 2 is 2.00 bits per heavy atom. The van der Waals surface area contributed by atoms with Crippen molar-refractivity contribution in [2.24, 2.45) is 0 Å². The van der Waals surface area contributed by atoms with Crippen molar-refractivity contribution in [3.8, 4) is 0 Å². The van der Waals surface area contributed by atoms with E-state index < -0.39 is 0 Å². The van der Waals surface area contributed by atoms with Crippen LogP contribution in [-0.2, 0) is 9.47 Å². The number of thiocarbonyl (C=S) groups is 1. The Morgan fingerprint density at radius 3 is 2.50 bits per heavy atom. The number of hydrogen-bond donors (Lipinski definition) is 1. The Hall–Kier alpha value is -0.190. The first-order valence-electron chi connectivity index (χ1n) is 6.09. The highest BCUT2D eigenvalue weighted by atomic mass is 32.1. The summed E-state index contributed by atoms with van der Waals surface area (Å²) in [6.45, 7) is 6.68. The highest BCUT2D eigenvalue weighted by Crippen LogP contribution is 2.14. The molecular formula is C12H24O3S. The molecule has 0 aromatic rings. The first-order valence-corrected chi connectivity index (χ1v) is 6.49. The van der Waals surface area contributed by atoms with Crippen LogP contribution in [0.4, 0.5) is 0 Å². The number of rotatable bonds is 10. The van der Waals surface area contributed by atoms with Crippen LogP contribution in [0.25, 0.3) is 0 Å². The van der Waals surface area contributed by atoms with Crippen LogP contribution in [0, 0.1) is 0 Å². The third-order valence-electron chi connectivity index (χ3n) is 2.31. The minimum absolute atomic E-state index is 0.0908. The minimum Gasteiger partial charge on any atom is -0.502 e. The molecular weight excluding hydrogens is 224 g/mol. The summed E-state index contributed by atoms with van der Waals surface area (Å²) in [5, 5.41) is 9.02. The lowest BCUT2D eigenvalue weighted by Crippen LogP contribution is -2.22. The number of ether oxygens (including phenoxy) is 2. The summed E-state index contributed by atoms with van der Waals surface area (Å²) in [6, 6.07) is 0. The van der Waals surface area contributed by atoms with Crippen LogP contribution in [0.3, 0.4) is 0 Å². The minimum atomic E-state index is -0.150. The SMILES string of the molecule is CCCC(CCCC(O)=S)OC(C)OCC. The molecule has 0 amide bonds. The van der Waals surface area contributed by atoms with Crippen molar-refractivity contribution in [3.05, 3.63) is 0 Å². The summed E-state index contributed by atoms with van der Waals surface area (Å²) >= 11 is 4.63. The van der Waals surface area contributed by atoms with Gasteiger partial charge in [-0.3, -0.25) is 0 Å². The lowest BCUT2D eigenvalue weighted by Gasteiger charge is -2.21. The van der Waals surface area contributed by atoms with Crippen molar-refractivity contribution < 1.29 is 14.6 Å². The van der Waals surface area contributed by atoms with E-state index in [4.69, 9.17) is 14.6 Å². The maximum Gasteiger partial charge on any atom is 0.156 e. The molecule has 0 aliphatic rings. The van der Waals surface area contributed by atoms with E-state index in [0.29, 0.717) is 13.0 Å². The first-order chi connectivity index (χ1) is 7.60. The average molecular weight is 248 g/mol. The quantitative estimate of drug-likeness (QED) is 0.473. The molecule has 0 bridgehead atoms. The van der Waals surface area contributed by atoms with Crippen LogP contribution in [0.15, 0.2) is 0 Å². The maximum atomic E-state index is 8.93. The Bertz CT molecular complexity index is 185. The molecule has 0 aromatic carbocycles. The molecule has 0 aliphatic heterocycles. The second kappa shape index (κ2) is 10.00. The monoisotopic (exact) mass is 248 g/mol. The molecule has 0 saturated heterocycles. The fraction of sp³-hybridized carbons (Fsp3) is 0.917. The van der Waals surface area contributed by atoms with Crippen LogP contribution in [-0.4, -0.2) is 29.2 Å². The zero-order chi connectivity index (χ0) is 12.4. The molecule has 0 radical (unpaired) electrons. The number of hydrogen-bond acceptors (Lipinski definition) is 3. The van der Waals surface area contributed by atoms with Gasteiger partial charge in [-0.1, -0.05) is 13.3 Å². The van der Waals surface area contributed by atoms with E-state index in [2.05, 4.69) is 19.1 Å². The molecule has 0 spiro atoms. The van der Waals surface area contributed by atoms with E-state index in [1.165, 1.54) is 0 Å². The maximum absolute atomic E-state index is 8.93. The van der Waals surface area contributed by atoms with Gasteiger partial charge < -0.3 is 14.6 Å². The van der Waals surface area contributed by atoms with Gasteiger partial charge in [-0.2, -0.15) is 0 Å². The van der Waals surface area contributed by atoms with Gasteiger partial charge in [0, 0.05) is 13.0 Å². The molecule has 2 unspecified atom stereocenters. The topological polar surface area (TPSA) is 38.7 Å². The van der Waals surface area contributed by atoms with Gasteiger partial charge >= 0.3 is 0 Å². The summed E-state index contributed by atoms with van der Waals surface area (Å²) < 4.78 is 11.1. The van der Waals surface area contributed by atoms with Crippen molar-refractivity contribution in [3.63, 3.8) is 0 Å². The molecule has 3 nitrogen and oxygen atoms in total. The lowest BCUT2D eigenvalue weighted by atomic mass is 10.1. The molecule has 16 heavy (non-hydrogen) atoms.